The summed E-state index contributed by atoms with van der Waals surface area (Å²) in [5.41, 5.74) is 7.52. The van der Waals surface area contributed by atoms with E-state index >= 15 is 0 Å². The normalized spacial score (nSPS) is 10.5. The summed E-state index contributed by atoms with van der Waals surface area (Å²) in [6.45, 7) is 0.644. The first-order valence-electron chi connectivity index (χ1n) is 6.54. The minimum Gasteiger partial charge on any atom is -0.383 e. The molecule has 3 rings (SSSR count). The molecular formula is C16H14N4O. The molecule has 2 aromatic heterocycles. The van der Waals surface area contributed by atoms with Gasteiger partial charge in [0.15, 0.2) is 6.29 Å². The van der Waals surface area contributed by atoms with E-state index in [0.29, 0.717) is 17.9 Å². The van der Waals surface area contributed by atoms with Crippen LogP contribution in [-0.4, -0.2) is 16.3 Å². The molecule has 5 heteroatoms. The Morgan fingerprint density at radius 3 is 2.81 bits per heavy atom. The van der Waals surface area contributed by atoms with Gasteiger partial charge in [-0.05, 0) is 35.2 Å². The largest absolute Gasteiger partial charge is 0.383 e. The topological polar surface area (TPSA) is 80.9 Å². The predicted molar refractivity (Wildman–Crippen MR) is 83.1 cm³/mol. The monoisotopic (exact) mass is 278 g/mol. The molecule has 0 amide bonds. The highest BCUT2D eigenvalue weighted by molar-refractivity contribution is 5.91. The number of anilines is 2. The minimum atomic E-state index is 0.540. The first kappa shape index (κ1) is 13.1. The zero-order valence-corrected chi connectivity index (χ0v) is 11.3. The van der Waals surface area contributed by atoms with Gasteiger partial charge in [0.1, 0.15) is 11.6 Å². The van der Waals surface area contributed by atoms with Gasteiger partial charge in [-0.2, -0.15) is 0 Å². The van der Waals surface area contributed by atoms with Crippen LogP contribution in [0.2, 0.25) is 0 Å². The number of hydrogen-bond acceptors (Lipinski definition) is 5. The molecule has 0 aliphatic rings. The van der Waals surface area contributed by atoms with Crippen molar-refractivity contribution in [1.82, 2.24) is 9.97 Å². The van der Waals surface area contributed by atoms with E-state index in [1.807, 2.05) is 18.2 Å². The van der Waals surface area contributed by atoms with E-state index in [1.54, 1.807) is 24.5 Å². The van der Waals surface area contributed by atoms with Crippen LogP contribution < -0.4 is 11.1 Å². The van der Waals surface area contributed by atoms with Crippen molar-refractivity contribution in [2.45, 2.75) is 6.54 Å². The average Bonchev–Trinajstić information content (AvgIpc) is 2.53. The molecule has 0 atom stereocenters. The number of fused-ring (bicyclic) bond motifs is 1. The highest BCUT2D eigenvalue weighted by atomic mass is 16.1. The van der Waals surface area contributed by atoms with Gasteiger partial charge >= 0.3 is 0 Å². The van der Waals surface area contributed by atoms with Gasteiger partial charge in [0.05, 0.1) is 0 Å². The Labute approximate surface area is 121 Å². The Bertz CT molecular complexity index is 784. The summed E-state index contributed by atoms with van der Waals surface area (Å²) in [6, 6.07) is 11.5. The fourth-order valence-electron chi connectivity index (χ4n) is 2.13. The summed E-state index contributed by atoms with van der Waals surface area (Å²) in [4.78, 5) is 18.8. The van der Waals surface area contributed by atoms with Crippen molar-refractivity contribution >= 4 is 28.7 Å². The lowest BCUT2D eigenvalue weighted by molar-refractivity contribution is 0.112. The average molecular weight is 278 g/mol. The third-order valence-corrected chi connectivity index (χ3v) is 3.26. The number of nitrogen functional groups attached to an aromatic ring is 1. The minimum absolute atomic E-state index is 0.540. The molecule has 1 aromatic carbocycles. The summed E-state index contributed by atoms with van der Waals surface area (Å²) in [7, 11) is 0. The number of pyridine rings is 2. The Kier molecular flexibility index (Phi) is 3.47. The molecule has 0 fully saturated rings. The highest BCUT2D eigenvalue weighted by Gasteiger charge is 2.01. The summed E-state index contributed by atoms with van der Waals surface area (Å²) < 4.78 is 0. The smallest absolute Gasteiger partial charge is 0.151 e. The molecular weight excluding hydrogens is 264 g/mol. The number of aromatic nitrogens is 2. The number of nitrogens with one attached hydrogen (secondary N) is 1. The number of nitrogens with zero attached hydrogens (tertiary/aromatic N) is 2. The molecule has 2 heterocycles. The van der Waals surface area contributed by atoms with E-state index in [1.165, 1.54) is 0 Å². The van der Waals surface area contributed by atoms with Gasteiger partial charge in [0.25, 0.3) is 0 Å². The van der Waals surface area contributed by atoms with Crippen LogP contribution in [0.4, 0.5) is 11.6 Å². The zero-order valence-electron chi connectivity index (χ0n) is 11.3. The van der Waals surface area contributed by atoms with Crippen LogP contribution in [-0.2, 0) is 6.54 Å². The molecule has 0 aliphatic heterocycles. The maximum absolute atomic E-state index is 10.6. The van der Waals surface area contributed by atoms with Gasteiger partial charge in [0.2, 0.25) is 0 Å². The van der Waals surface area contributed by atoms with Crippen LogP contribution in [0.1, 0.15) is 15.9 Å². The second-order valence-electron chi connectivity index (χ2n) is 4.70. The number of benzene rings is 1. The molecule has 0 spiro atoms. The van der Waals surface area contributed by atoms with Crippen molar-refractivity contribution < 1.29 is 4.79 Å². The van der Waals surface area contributed by atoms with Crippen LogP contribution in [0.15, 0.2) is 48.8 Å². The second-order valence-corrected chi connectivity index (χ2v) is 4.70. The van der Waals surface area contributed by atoms with Crippen LogP contribution in [0.3, 0.4) is 0 Å². The summed E-state index contributed by atoms with van der Waals surface area (Å²) >= 11 is 0. The molecule has 3 N–H and O–H groups in total. The van der Waals surface area contributed by atoms with Gasteiger partial charge < -0.3 is 11.1 Å². The third-order valence-electron chi connectivity index (χ3n) is 3.26. The van der Waals surface area contributed by atoms with Gasteiger partial charge in [-0.3, -0.25) is 4.79 Å². The van der Waals surface area contributed by atoms with Crippen molar-refractivity contribution in [3.05, 3.63) is 59.9 Å². The SMILES string of the molecule is Nc1nccc2cc(CNc3ccc(C=O)cn3)ccc12. The number of aldehydes is 1. The molecule has 0 radical (unpaired) electrons. The molecule has 21 heavy (non-hydrogen) atoms. The Hall–Kier alpha value is -2.95. The van der Waals surface area contributed by atoms with Crippen molar-refractivity contribution in [2.24, 2.45) is 0 Å². The lowest BCUT2D eigenvalue weighted by Gasteiger charge is -2.07. The summed E-state index contributed by atoms with van der Waals surface area (Å²) in [5, 5.41) is 5.23. The first-order valence-corrected chi connectivity index (χ1v) is 6.54. The van der Waals surface area contributed by atoms with Gasteiger partial charge in [0, 0.05) is 29.9 Å². The molecule has 104 valence electrons. The number of carbonyl (C=O) groups is 1. The van der Waals surface area contributed by atoms with Crippen LogP contribution in [0, 0.1) is 0 Å². The first-order chi connectivity index (χ1) is 10.3. The molecule has 0 saturated carbocycles. The van der Waals surface area contributed by atoms with Crippen molar-refractivity contribution in [1.29, 1.82) is 0 Å². The maximum Gasteiger partial charge on any atom is 0.151 e. The number of nitrogens with two attached hydrogens (primary N) is 1. The zero-order chi connectivity index (χ0) is 14.7. The number of carbonyl (C=O) groups excluding carboxylic acids is 1. The van der Waals surface area contributed by atoms with Crippen molar-refractivity contribution in [3.8, 4) is 0 Å². The van der Waals surface area contributed by atoms with Gasteiger partial charge in [-0.1, -0.05) is 12.1 Å². The fraction of sp³-hybridized carbons (Fsp3) is 0.0625. The van der Waals surface area contributed by atoms with E-state index in [9.17, 15) is 4.79 Å². The van der Waals surface area contributed by atoms with Crippen LogP contribution >= 0.6 is 0 Å². The van der Waals surface area contributed by atoms with Gasteiger partial charge in [-0.15, -0.1) is 0 Å². The van der Waals surface area contributed by atoms with E-state index in [4.69, 9.17) is 5.73 Å². The summed E-state index contributed by atoms with van der Waals surface area (Å²) in [6.07, 6.45) is 4.02. The van der Waals surface area contributed by atoms with E-state index in [0.717, 1.165) is 28.4 Å². The Balaban J connectivity index is 1.76. The number of hydrogen-bond donors (Lipinski definition) is 2. The van der Waals surface area contributed by atoms with E-state index in [-0.39, 0.29) is 0 Å². The molecule has 0 saturated heterocycles. The lowest BCUT2D eigenvalue weighted by atomic mass is 10.1. The Morgan fingerprint density at radius 1 is 1.14 bits per heavy atom. The van der Waals surface area contributed by atoms with Crippen LogP contribution in [0.5, 0.6) is 0 Å². The standard InChI is InChI=1S/C16H14N4O/c17-16-14-3-1-11(7-13(14)5-6-18-16)8-19-15-4-2-12(10-21)9-20-15/h1-7,9-10H,8H2,(H2,17,18)(H,19,20). The quantitative estimate of drug-likeness (QED) is 0.717. The van der Waals surface area contributed by atoms with E-state index in [2.05, 4.69) is 21.4 Å². The second kappa shape index (κ2) is 5.58. The van der Waals surface area contributed by atoms with Crippen LogP contribution in [0.25, 0.3) is 10.8 Å². The molecule has 0 unspecified atom stereocenters. The molecule has 3 aromatic rings. The Morgan fingerprint density at radius 2 is 2.05 bits per heavy atom. The van der Waals surface area contributed by atoms with Crippen molar-refractivity contribution in [3.63, 3.8) is 0 Å². The fourth-order valence-corrected chi connectivity index (χ4v) is 2.13. The van der Waals surface area contributed by atoms with E-state index < -0.39 is 0 Å². The summed E-state index contributed by atoms with van der Waals surface area (Å²) in [5.74, 6) is 1.27. The van der Waals surface area contributed by atoms with Gasteiger partial charge in [-0.25, -0.2) is 9.97 Å². The molecule has 0 aliphatic carbocycles. The van der Waals surface area contributed by atoms with Crippen molar-refractivity contribution in [2.75, 3.05) is 11.1 Å². The number of rotatable bonds is 4. The predicted octanol–water partition coefficient (Wildman–Crippen LogP) is 2.64. The maximum atomic E-state index is 10.6. The highest BCUT2D eigenvalue weighted by Crippen LogP contribution is 2.20. The molecule has 5 nitrogen and oxygen atoms in total. The third kappa shape index (κ3) is 2.81. The molecule has 0 bridgehead atoms. The lowest BCUT2D eigenvalue weighted by Crippen LogP contribution is -2.01.